The second-order valence-corrected chi connectivity index (χ2v) is 4.25. The van der Waals surface area contributed by atoms with Gasteiger partial charge in [0.05, 0.1) is 0 Å². The second kappa shape index (κ2) is 6.79. The first kappa shape index (κ1) is 14.2. The minimum absolute atomic E-state index is 0.138. The number of carbonyl (C=O) groups excluding carboxylic acids is 1. The maximum Gasteiger partial charge on any atom is 0.323 e. The molecule has 0 aliphatic carbocycles. The van der Waals surface area contributed by atoms with Gasteiger partial charge in [-0.2, -0.15) is 0 Å². The average molecular weight is 277 g/mol. The molecule has 0 saturated carbocycles. The SMILES string of the molecule is CC[C@H](NC)C(=O)OCc1cc(Cl)nc(Cl)c1. The number of nitrogens with zero attached hydrogens (tertiary/aromatic N) is 1. The van der Waals surface area contributed by atoms with E-state index in [1.807, 2.05) is 6.92 Å². The van der Waals surface area contributed by atoms with Gasteiger partial charge in [-0.25, -0.2) is 4.98 Å². The van der Waals surface area contributed by atoms with Gasteiger partial charge in [-0.05, 0) is 31.2 Å². The number of rotatable bonds is 5. The molecular formula is C11H14Cl2N2O2. The minimum Gasteiger partial charge on any atom is -0.460 e. The number of hydrogen-bond acceptors (Lipinski definition) is 4. The van der Waals surface area contributed by atoms with E-state index >= 15 is 0 Å². The lowest BCUT2D eigenvalue weighted by atomic mass is 10.2. The number of likely N-dealkylation sites (N-methyl/N-ethyl adjacent to an activating group) is 1. The van der Waals surface area contributed by atoms with Crippen LogP contribution in [0, 0.1) is 0 Å². The molecule has 0 unspecified atom stereocenters. The van der Waals surface area contributed by atoms with Crippen molar-refractivity contribution in [3.05, 3.63) is 28.0 Å². The molecule has 6 heteroatoms. The molecule has 0 bridgehead atoms. The number of carbonyl (C=O) groups is 1. The molecule has 0 amide bonds. The molecule has 4 nitrogen and oxygen atoms in total. The topological polar surface area (TPSA) is 51.2 Å². The van der Waals surface area contributed by atoms with Crippen molar-refractivity contribution in [1.82, 2.24) is 10.3 Å². The van der Waals surface area contributed by atoms with Crippen molar-refractivity contribution in [2.75, 3.05) is 7.05 Å². The van der Waals surface area contributed by atoms with Gasteiger partial charge in [0.15, 0.2) is 0 Å². The number of ether oxygens (including phenoxy) is 1. The quantitative estimate of drug-likeness (QED) is 0.663. The number of halogens is 2. The van der Waals surface area contributed by atoms with Crippen LogP contribution in [0.5, 0.6) is 0 Å². The monoisotopic (exact) mass is 276 g/mol. The van der Waals surface area contributed by atoms with Gasteiger partial charge in [0.25, 0.3) is 0 Å². The highest BCUT2D eigenvalue weighted by atomic mass is 35.5. The van der Waals surface area contributed by atoms with Crippen LogP contribution in [0.2, 0.25) is 10.3 Å². The first-order valence-electron chi connectivity index (χ1n) is 5.22. The summed E-state index contributed by atoms with van der Waals surface area (Å²) in [6, 6.07) is 2.94. The van der Waals surface area contributed by atoms with Crippen molar-refractivity contribution in [2.45, 2.75) is 26.0 Å². The summed E-state index contributed by atoms with van der Waals surface area (Å²) in [4.78, 5) is 15.4. The fraction of sp³-hybridized carbons (Fsp3) is 0.455. The molecule has 0 fully saturated rings. The maximum atomic E-state index is 11.6. The van der Waals surface area contributed by atoms with E-state index in [-0.39, 0.29) is 28.9 Å². The largest absolute Gasteiger partial charge is 0.460 e. The predicted molar refractivity (Wildman–Crippen MR) is 67.2 cm³/mol. The van der Waals surface area contributed by atoms with Gasteiger partial charge in [0.2, 0.25) is 0 Å². The van der Waals surface area contributed by atoms with Crippen molar-refractivity contribution in [2.24, 2.45) is 0 Å². The van der Waals surface area contributed by atoms with Crippen LogP contribution < -0.4 is 5.32 Å². The maximum absolute atomic E-state index is 11.6. The molecule has 1 atom stereocenters. The standard InChI is InChI=1S/C11H14Cl2N2O2/c1-3-8(14-2)11(16)17-6-7-4-9(12)15-10(13)5-7/h4-5,8,14H,3,6H2,1-2H3/t8-/m0/s1. The van der Waals surface area contributed by atoms with Gasteiger partial charge in [-0.3, -0.25) is 4.79 Å². The molecule has 94 valence electrons. The molecule has 17 heavy (non-hydrogen) atoms. The number of esters is 1. The fourth-order valence-corrected chi connectivity index (χ4v) is 1.85. The summed E-state index contributed by atoms with van der Waals surface area (Å²) in [6.07, 6.45) is 0.674. The molecule has 0 aromatic carbocycles. The van der Waals surface area contributed by atoms with E-state index in [0.717, 1.165) is 0 Å². The molecule has 0 aliphatic rings. The van der Waals surface area contributed by atoms with E-state index in [4.69, 9.17) is 27.9 Å². The lowest BCUT2D eigenvalue weighted by Crippen LogP contribution is -2.34. The van der Waals surface area contributed by atoms with Crippen LogP contribution in [0.4, 0.5) is 0 Å². The van der Waals surface area contributed by atoms with Gasteiger partial charge < -0.3 is 10.1 Å². The molecule has 1 aromatic heterocycles. The summed E-state index contributed by atoms with van der Waals surface area (Å²) in [5.41, 5.74) is 0.717. The smallest absolute Gasteiger partial charge is 0.323 e. The van der Waals surface area contributed by atoms with Gasteiger partial charge in [0.1, 0.15) is 23.0 Å². The Balaban J connectivity index is 2.58. The fourth-order valence-electron chi connectivity index (χ4n) is 1.34. The number of nitrogens with one attached hydrogen (secondary N) is 1. The zero-order valence-corrected chi connectivity index (χ0v) is 11.2. The number of pyridine rings is 1. The van der Waals surface area contributed by atoms with E-state index in [2.05, 4.69) is 10.3 Å². The van der Waals surface area contributed by atoms with Crippen molar-refractivity contribution >= 4 is 29.2 Å². The molecule has 1 N–H and O–H groups in total. The number of hydrogen-bond donors (Lipinski definition) is 1. The number of aromatic nitrogens is 1. The van der Waals surface area contributed by atoms with Crippen molar-refractivity contribution in [1.29, 1.82) is 0 Å². The van der Waals surface area contributed by atoms with Gasteiger partial charge in [-0.1, -0.05) is 30.1 Å². The Morgan fingerprint density at radius 1 is 1.47 bits per heavy atom. The molecular weight excluding hydrogens is 263 g/mol. The average Bonchev–Trinajstić information content (AvgIpc) is 2.27. The highest BCUT2D eigenvalue weighted by molar-refractivity contribution is 6.32. The Morgan fingerprint density at radius 2 is 2.06 bits per heavy atom. The molecule has 0 aliphatic heterocycles. The summed E-state index contributed by atoms with van der Waals surface area (Å²) in [5, 5.41) is 3.43. The first-order valence-corrected chi connectivity index (χ1v) is 5.98. The van der Waals surface area contributed by atoms with Crippen molar-refractivity contribution in [3.63, 3.8) is 0 Å². The zero-order valence-electron chi connectivity index (χ0n) is 9.67. The molecule has 1 heterocycles. The summed E-state index contributed by atoms with van der Waals surface area (Å²) < 4.78 is 5.14. The minimum atomic E-state index is -0.293. The molecule has 0 radical (unpaired) electrons. The van der Waals surface area contributed by atoms with Crippen LogP contribution in [0.25, 0.3) is 0 Å². The first-order chi connectivity index (χ1) is 8.06. The van der Waals surface area contributed by atoms with Crippen LogP contribution >= 0.6 is 23.2 Å². The van der Waals surface area contributed by atoms with Gasteiger partial charge >= 0.3 is 5.97 Å². The zero-order chi connectivity index (χ0) is 12.8. The summed E-state index contributed by atoms with van der Waals surface area (Å²) >= 11 is 11.5. The van der Waals surface area contributed by atoms with Crippen molar-refractivity contribution < 1.29 is 9.53 Å². The lowest BCUT2D eigenvalue weighted by Gasteiger charge is -2.13. The second-order valence-electron chi connectivity index (χ2n) is 3.48. The lowest BCUT2D eigenvalue weighted by molar-refractivity contribution is -0.147. The molecule has 0 spiro atoms. The van der Waals surface area contributed by atoms with Crippen LogP contribution in [-0.2, 0) is 16.1 Å². The van der Waals surface area contributed by atoms with Crippen LogP contribution in [0.15, 0.2) is 12.1 Å². The third-order valence-electron chi connectivity index (χ3n) is 2.24. The highest BCUT2D eigenvalue weighted by Crippen LogP contribution is 2.15. The van der Waals surface area contributed by atoms with Gasteiger partial charge in [0, 0.05) is 0 Å². The Bertz CT molecular complexity index is 375. The molecule has 1 rings (SSSR count). The Hall–Kier alpha value is -0.840. The summed E-state index contributed by atoms with van der Waals surface area (Å²) in [6.45, 7) is 2.04. The highest BCUT2D eigenvalue weighted by Gasteiger charge is 2.15. The van der Waals surface area contributed by atoms with Crippen LogP contribution in [-0.4, -0.2) is 24.0 Å². The van der Waals surface area contributed by atoms with E-state index in [0.29, 0.717) is 12.0 Å². The predicted octanol–water partition coefficient (Wildman–Crippen LogP) is 2.43. The van der Waals surface area contributed by atoms with E-state index in [1.165, 1.54) is 0 Å². The third kappa shape index (κ3) is 4.50. The Morgan fingerprint density at radius 3 is 2.53 bits per heavy atom. The Labute approximate surface area is 110 Å². The van der Waals surface area contributed by atoms with Crippen LogP contribution in [0.1, 0.15) is 18.9 Å². The summed E-state index contributed by atoms with van der Waals surface area (Å²) in [5.74, 6) is -0.293. The van der Waals surface area contributed by atoms with Crippen molar-refractivity contribution in [3.8, 4) is 0 Å². The molecule has 1 aromatic rings. The van der Waals surface area contributed by atoms with Crippen LogP contribution in [0.3, 0.4) is 0 Å². The third-order valence-corrected chi connectivity index (χ3v) is 2.63. The van der Waals surface area contributed by atoms with Gasteiger partial charge in [-0.15, -0.1) is 0 Å². The normalized spacial score (nSPS) is 12.2. The Kier molecular flexibility index (Phi) is 5.68. The summed E-state index contributed by atoms with van der Waals surface area (Å²) in [7, 11) is 1.72. The molecule has 0 saturated heterocycles. The van der Waals surface area contributed by atoms with E-state index < -0.39 is 0 Å². The van der Waals surface area contributed by atoms with E-state index in [9.17, 15) is 4.79 Å². The van der Waals surface area contributed by atoms with E-state index in [1.54, 1.807) is 19.2 Å².